The number of nitrogens with zero attached hydrogens (tertiary/aromatic N) is 1. The molecule has 2 N–H and O–H groups in total. The predicted molar refractivity (Wildman–Crippen MR) is 121 cm³/mol. The van der Waals surface area contributed by atoms with Gasteiger partial charge in [0.05, 0.1) is 5.92 Å². The van der Waals surface area contributed by atoms with Crippen LogP contribution >= 0.6 is 0 Å². The van der Waals surface area contributed by atoms with Gasteiger partial charge in [0.2, 0.25) is 5.91 Å². The number of carbonyl (C=O) groups is 3. The first-order valence-electron chi connectivity index (χ1n) is 10.8. The number of rotatable bonds is 8. The maximum atomic E-state index is 12.8. The highest BCUT2D eigenvalue weighted by Gasteiger charge is 2.33. The molecule has 3 rings (SSSR count). The van der Waals surface area contributed by atoms with Crippen molar-refractivity contribution >= 4 is 18.0 Å². The Hall–Kier alpha value is -3.35. The molecular formula is C25H30N2O5. The lowest BCUT2D eigenvalue weighted by molar-refractivity contribution is -0.146. The molecule has 0 fully saturated rings. The molecule has 0 spiro atoms. The van der Waals surface area contributed by atoms with Crippen LogP contribution in [0.1, 0.15) is 37.8 Å². The number of nitrogens with one attached hydrogen (secondary N) is 1. The van der Waals surface area contributed by atoms with Crippen molar-refractivity contribution in [2.75, 3.05) is 20.2 Å². The average Bonchev–Trinajstić information content (AvgIpc) is 3.05. The summed E-state index contributed by atoms with van der Waals surface area (Å²) < 4.78 is 5.58. The third-order valence-electron chi connectivity index (χ3n) is 5.98. The Morgan fingerprint density at radius 3 is 2.03 bits per heavy atom. The van der Waals surface area contributed by atoms with Gasteiger partial charge in [-0.15, -0.1) is 0 Å². The maximum absolute atomic E-state index is 12.8. The van der Waals surface area contributed by atoms with E-state index in [1.807, 2.05) is 38.1 Å². The topological polar surface area (TPSA) is 95.9 Å². The summed E-state index contributed by atoms with van der Waals surface area (Å²) in [6, 6.07) is 15.7. The number of carboxylic acid groups (broad SMARTS) is 1. The molecule has 0 aliphatic heterocycles. The molecule has 1 aliphatic carbocycles. The molecule has 32 heavy (non-hydrogen) atoms. The van der Waals surface area contributed by atoms with Gasteiger partial charge in [0.1, 0.15) is 13.2 Å². The van der Waals surface area contributed by atoms with Crippen molar-refractivity contribution in [2.24, 2.45) is 11.8 Å². The Kier molecular flexibility index (Phi) is 7.18. The quantitative estimate of drug-likeness (QED) is 0.655. The van der Waals surface area contributed by atoms with Crippen molar-refractivity contribution in [3.63, 3.8) is 0 Å². The maximum Gasteiger partial charge on any atom is 0.407 e. The molecule has 170 valence electrons. The van der Waals surface area contributed by atoms with Crippen LogP contribution in [-0.4, -0.2) is 54.2 Å². The van der Waals surface area contributed by atoms with Gasteiger partial charge in [-0.05, 0) is 35.1 Å². The van der Waals surface area contributed by atoms with Crippen LogP contribution in [-0.2, 0) is 14.3 Å². The number of alkyl carbamates (subject to hydrolysis) is 1. The van der Waals surface area contributed by atoms with Crippen LogP contribution < -0.4 is 5.32 Å². The number of likely N-dealkylation sites (N-methyl/N-ethyl adjacent to an activating group) is 1. The highest BCUT2D eigenvalue weighted by molar-refractivity contribution is 5.84. The molecule has 0 heterocycles. The summed E-state index contributed by atoms with van der Waals surface area (Å²) in [7, 11) is 1.45. The lowest BCUT2D eigenvalue weighted by Gasteiger charge is -2.30. The number of ether oxygens (including phenoxy) is 1. The smallest absolute Gasteiger partial charge is 0.407 e. The monoisotopic (exact) mass is 438 g/mol. The summed E-state index contributed by atoms with van der Waals surface area (Å²) in [6.07, 6.45) is -0.598. The molecule has 2 aromatic rings. The van der Waals surface area contributed by atoms with Gasteiger partial charge in [0.25, 0.3) is 0 Å². The number of carboxylic acids is 1. The Labute approximate surface area is 188 Å². The lowest BCUT2D eigenvalue weighted by Crippen LogP contribution is -2.49. The van der Waals surface area contributed by atoms with Gasteiger partial charge in [-0.3, -0.25) is 9.59 Å². The van der Waals surface area contributed by atoms with Crippen LogP contribution in [0.25, 0.3) is 11.1 Å². The normalized spacial score (nSPS) is 14.3. The Morgan fingerprint density at radius 1 is 1.00 bits per heavy atom. The Morgan fingerprint density at radius 2 is 1.53 bits per heavy atom. The molecule has 7 heteroatoms. The van der Waals surface area contributed by atoms with Crippen molar-refractivity contribution < 1.29 is 24.2 Å². The molecule has 0 bridgehead atoms. The summed E-state index contributed by atoms with van der Waals surface area (Å²) in [5.41, 5.74) is 4.55. The number of aliphatic carboxylic acids is 1. The second-order valence-corrected chi connectivity index (χ2v) is 8.62. The van der Waals surface area contributed by atoms with Crippen LogP contribution in [0.5, 0.6) is 0 Å². The van der Waals surface area contributed by atoms with Crippen LogP contribution in [0.2, 0.25) is 0 Å². The zero-order valence-electron chi connectivity index (χ0n) is 18.9. The van der Waals surface area contributed by atoms with E-state index in [-0.39, 0.29) is 30.9 Å². The van der Waals surface area contributed by atoms with Crippen LogP contribution in [0.4, 0.5) is 4.79 Å². The Bertz CT molecular complexity index is 958. The SMILES string of the molecule is CC(C)C(C(=O)N(C)CC(=O)O)C(C)NC(=O)OCC1c2ccccc2-c2ccccc21. The largest absolute Gasteiger partial charge is 0.480 e. The molecule has 2 amide bonds. The summed E-state index contributed by atoms with van der Waals surface area (Å²) in [6.45, 7) is 5.27. The second-order valence-electron chi connectivity index (χ2n) is 8.62. The molecular weight excluding hydrogens is 408 g/mol. The van der Waals surface area contributed by atoms with Gasteiger partial charge in [-0.25, -0.2) is 4.79 Å². The van der Waals surface area contributed by atoms with Crippen molar-refractivity contribution in [3.8, 4) is 11.1 Å². The Balaban J connectivity index is 1.65. The standard InChI is InChI=1S/C25H30N2O5/c1-15(2)23(24(30)27(4)13-22(28)29)16(3)26-25(31)32-14-21-19-11-7-5-9-17(19)18-10-6-8-12-20(18)21/h5-12,15-16,21,23H,13-14H2,1-4H3,(H,26,31)(H,28,29). The van der Waals surface area contributed by atoms with Crippen LogP contribution in [0.3, 0.4) is 0 Å². The van der Waals surface area contributed by atoms with Gasteiger partial charge in [0.15, 0.2) is 0 Å². The van der Waals surface area contributed by atoms with Gasteiger partial charge < -0.3 is 20.1 Å². The lowest BCUT2D eigenvalue weighted by atomic mass is 9.88. The minimum atomic E-state index is -1.08. The van der Waals surface area contributed by atoms with Gasteiger partial charge in [0, 0.05) is 19.0 Å². The molecule has 0 radical (unpaired) electrons. The van der Waals surface area contributed by atoms with E-state index in [2.05, 4.69) is 29.6 Å². The molecule has 2 atom stereocenters. The van der Waals surface area contributed by atoms with E-state index < -0.39 is 24.0 Å². The fraction of sp³-hybridized carbons (Fsp3) is 0.400. The summed E-state index contributed by atoms with van der Waals surface area (Å²) in [4.78, 5) is 37.5. The average molecular weight is 439 g/mol. The predicted octanol–water partition coefficient (Wildman–Crippen LogP) is 3.73. The first kappa shape index (κ1) is 23.3. The number of benzene rings is 2. The third-order valence-corrected chi connectivity index (χ3v) is 5.98. The molecule has 2 aromatic carbocycles. The molecule has 0 saturated heterocycles. The van der Waals surface area contributed by atoms with Crippen molar-refractivity contribution in [3.05, 3.63) is 59.7 Å². The number of hydrogen-bond donors (Lipinski definition) is 2. The molecule has 1 aliphatic rings. The van der Waals surface area contributed by atoms with E-state index in [0.29, 0.717) is 0 Å². The van der Waals surface area contributed by atoms with E-state index in [0.717, 1.165) is 22.3 Å². The summed E-state index contributed by atoms with van der Waals surface area (Å²) in [5, 5.41) is 11.7. The molecule has 7 nitrogen and oxygen atoms in total. The fourth-order valence-corrected chi connectivity index (χ4v) is 4.53. The van der Waals surface area contributed by atoms with E-state index in [4.69, 9.17) is 9.84 Å². The molecule has 0 aromatic heterocycles. The van der Waals surface area contributed by atoms with E-state index in [1.54, 1.807) is 6.92 Å². The molecule has 2 unspecified atom stereocenters. The first-order valence-corrected chi connectivity index (χ1v) is 10.8. The fourth-order valence-electron chi connectivity index (χ4n) is 4.53. The minimum Gasteiger partial charge on any atom is -0.480 e. The first-order chi connectivity index (χ1) is 15.2. The molecule has 0 saturated carbocycles. The van der Waals surface area contributed by atoms with Crippen molar-refractivity contribution in [2.45, 2.75) is 32.7 Å². The number of amides is 2. The van der Waals surface area contributed by atoms with Crippen LogP contribution in [0, 0.1) is 11.8 Å². The highest BCUT2D eigenvalue weighted by Crippen LogP contribution is 2.44. The van der Waals surface area contributed by atoms with Crippen molar-refractivity contribution in [1.29, 1.82) is 0 Å². The highest BCUT2D eigenvalue weighted by atomic mass is 16.5. The third kappa shape index (κ3) is 4.93. The van der Waals surface area contributed by atoms with E-state index in [9.17, 15) is 14.4 Å². The zero-order chi connectivity index (χ0) is 23.4. The van der Waals surface area contributed by atoms with E-state index >= 15 is 0 Å². The summed E-state index contributed by atoms with van der Waals surface area (Å²) >= 11 is 0. The van der Waals surface area contributed by atoms with Gasteiger partial charge in [-0.2, -0.15) is 0 Å². The van der Waals surface area contributed by atoms with Gasteiger partial charge >= 0.3 is 12.1 Å². The number of fused-ring (bicyclic) bond motifs is 3. The van der Waals surface area contributed by atoms with E-state index in [1.165, 1.54) is 11.9 Å². The zero-order valence-corrected chi connectivity index (χ0v) is 18.9. The number of carbonyl (C=O) groups excluding carboxylic acids is 2. The summed E-state index contributed by atoms with van der Waals surface area (Å²) in [5.74, 6) is -2.12. The van der Waals surface area contributed by atoms with Crippen molar-refractivity contribution in [1.82, 2.24) is 10.2 Å². The number of hydrogen-bond acceptors (Lipinski definition) is 4. The van der Waals surface area contributed by atoms with Gasteiger partial charge in [-0.1, -0.05) is 62.4 Å². The van der Waals surface area contributed by atoms with Crippen LogP contribution in [0.15, 0.2) is 48.5 Å². The minimum absolute atomic E-state index is 0.0484. The second kappa shape index (κ2) is 9.85.